The normalized spacial score (nSPS) is 14.4. The number of unbranched alkanes of at least 4 members (excludes halogenated alkanes) is 11. The molecule has 0 amide bonds. The van der Waals surface area contributed by atoms with Gasteiger partial charge in [-0.15, -0.1) is 0 Å². The Kier molecular flexibility index (Phi) is 52.2. The number of quaternary nitrogens is 1. The van der Waals surface area contributed by atoms with Crippen molar-refractivity contribution in [3.8, 4) is 0 Å². The summed E-state index contributed by atoms with van der Waals surface area (Å²) in [5, 5.41) is 0. The number of hydrogen-bond acceptors (Lipinski definition) is 7. The van der Waals surface area contributed by atoms with E-state index in [1.807, 2.05) is 33.3 Å². The molecule has 0 aliphatic rings. The highest BCUT2D eigenvalue weighted by atomic mass is 31.2. The Morgan fingerprint density at radius 3 is 1.11 bits per heavy atom. The molecule has 0 aromatic rings. The number of phosphoric acid groups is 1. The highest BCUT2D eigenvalue weighted by Crippen LogP contribution is 2.43. The Morgan fingerprint density at radius 2 is 0.737 bits per heavy atom. The molecule has 0 saturated carbocycles. The van der Waals surface area contributed by atoms with Gasteiger partial charge in [0, 0.05) is 12.8 Å². The van der Waals surface area contributed by atoms with Crippen LogP contribution in [0.3, 0.4) is 0 Å². The van der Waals surface area contributed by atoms with Crippen LogP contribution < -0.4 is 0 Å². The van der Waals surface area contributed by atoms with Gasteiger partial charge in [0.05, 0.1) is 27.7 Å². The summed E-state index contributed by atoms with van der Waals surface area (Å²) in [6.45, 7) is 4.08. The summed E-state index contributed by atoms with van der Waals surface area (Å²) in [6.07, 6.45) is 83.5. The molecule has 0 spiro atoms. The van der Waals surface area contributed by atoms with E-state index in [2.05, 4.69) is 160 Å². The number of allylic oxidation sites excluding steroid dienone is 26. The molecule has 76 heavy (non-hydrogen) atoms. The SMILES string of the molecule is CC/C=C\C/C=C\C/C=C\C/C=C\C/C=C\C/C=C\C/C=C\C/C=C\C/C=C\CCCCCCCCCCCCCC(=O)OC(COC(=O)CC/C=C\C/C=C\C/C=C\C/C=C\CC)COP(=O)(O)OCC[N+](C)(C)C. The first-order valence-electron chi connectivity index (χ1n) is 29.2. The number of ether oxygens (including phenoxy) is 2. The zero-order chi connectivity index (χ0) is 55.6. The van der Waals surface area contributed by atoms with E-state index in [9.17, 15) is 19.0 Å². The maximum absolute atomic E-state index is 12.8. The molecule has 0 bridgehead atoms. The number of rotatable bonds is 51. The molecule has 0 heterocycles. The second-order valence-electron chi connectivity index (χ2n) is 19.9. The van der Waals surface area contributed by atoms with Gasteiger partial charge in [-0.25, -0.2) is 4.57 Å². The molecule has 0 aromatic carbocycles. The zero-order valence-corrected chi connectivity index (χ0v) is 49.3. The van der Waals surface area contributed by atoms with Crippen molar-refractivity contribution in [1.82, 2.24) is 0 Å². The third-order valence-electron chi connectivity index (χ3n) is 11.6. The molecular weight excluding hydrogens is 966 g/mol. The molecule has 0 radical (unpaired) electrons. The first-order chi connectivity index (χ1) is 37.0. The lowest BCUT2D eigenvalue weighted by Crippen LogP contribution is -2.37. The largest absolute Gasteiger partial charge is 0.472 e. The number of nitrogens with zero attached hydrogens (tertiary/aromatic N) is 1. The van der Waals surface area contributed by atoms with Gasteiger partial charge in [-0.3, -0.25) is 18.6 Å². The molecule has 0 rings (SSSR count). The maximum atomic E-state index is 12.8. The van der Waals surface area contributed by atoms with Crippen molar-refractivity contribution in [3.63, 3.8) is 0 Å². The molecule has 10 heteroatoms. The molecule has 9 nitrogen and oxygen atoms in total. The van der Waals surface area contributed by atoms with Gasteiger partial charge in [0.15, 0.2) is 6.10 Å². The van der Waals surface area contributed by atoms with Crippen LogP contribution in [0.1, 0.15) is 194 Å². The lowest BCUT2D eigenvalue weighted by molar-refractivity contribution is -0.870. The molecule has 0 aliphatic carbocycles. The summed E-state index contributed by atoms with van der Waals surface area (Å²) >= 11 is 0. The predicted molar refractivity (Wildman–Crippen MR) is 325 cm³/mol. The second-order valence-corrected chi connectivity index (χ2v) is 21.4. The molecule has 0 aromatic heterocycles. The van der Waals surface area contributed by atoms with Gasteiger partial charge in [0.2, 0.25) is 0 Å². The average molecular weight is 1070 g/mol. The van der Waals surface area contributed by atoms with Crippen LogP contribution in [0.4, 0.5) is 0 Å². The van der Waals surface area contributed by atoms with Gasteiger partial charge < -0.3 is 18.9 Å². The first-order valence-corrected chi connectivity index (χ1v) is 30.7. The van der Waals surface area contributed by atoms with E-state index < -0.39 is 32.5 Å². The predicted octanol–water partition coefficient (Wildman–Crippen LogP) is 18.5. The van der Waals surface area contributed by atoms with Crippen molar-refractivity contribution in [2.75, 3.05) is 47.5 Å². The van der Waals surface area contributed by atoms with Crippen LogP contribution in [0.15, 0.2) is 158 Å². The number of carbonyl (C=O) groups is 2. The minimum atomic E-state index is -4.41. The van der Waals surface area contributed by atoms with E-state index in [4.69, 9.17) is 18.5 Å². The van der Waals surface area contributed by atoms with Crippen molar-refractivity contribution in [3.05, 3.63) is 158 Å². The van der Waals surface area contributed by atoms with Gasteiger partial charge in [-0.2, -0.15) is 0 Å². The minimum absolute atomic E-state index is 0.0127. The van der Waals surface area contributed by atoms with Crippen molar-refractivity contribution >= 4 is 19.8 Å². The van der Waals surface area contributed by atoms with Crippen LogP contribution in [-0.4, -0.2) is 74.9 Å². The van der Waals surface area contributed by atoms with Gasteiger partial charge in [0.25, 0.3) is 0 Å². The standard InChI is InChI=1S/C66H106NO8P/c1-6-8-10-12-14-16-18-20-21-22-23-24-25-26-27-28-29-30-31-32-33-34-35-36-37-38-39-40-41-42-43-44-45-47-49-51-53-55-57-59-66(69)75-64(63-74-76(70,71)73-61-60-67(3,4)5)62-72-65(68)58-56-54-52-50-48-46-19-17-15-13-11-9-7-2/h8-11,14-17,20-21,23-24,26-27,29-30,32-33,35-36,38-39,46,48,52,54,64H,6-7,12-13,18-19,22,25,28,31,34,37,40-45,47,49-51,53,55-63H2,1-5H3/p+1/b10-8-,11-9-,16-14-,17-15-,21-20-,24-23-,27-26-,30-29-,33-32-,36-35-,39-38-,48-46-,54-52-. The highest BCUT2D eigenvalue weighted by molar-refractivity contribution is 7.47. The monoisotopic (exact) mass is 1070 g/mol. The van der Waals surface area contributed by atoms with Crippen molar-refractivity contribution in [2.45, 2.75) is 200 Å². The number of carbonyl (C=O) groups excluding carboxylic acids is 2. The number of hydrogen-bond donors (Lipinski definition) is 1. The van der Waals surface area contributed by atoms with E-state index >= 15 is 0 Å². The van der Waals surface area contributed by atoms with Crippen LogP contribution in [0.25, 0.3) is 0 Å². The number of esters is 2. The van der Waals surface area contributed by atoms with Crippen LogP contribution in [0.2, 0.25) is 0 Å². The van der Waals surface area contributed by atoms with E-state index in [-0.39, 0.29) is 26.1 Å². The third kappa shape index (κ3) is 58.9. The Hall–Kier alpha value is -4.37. The summed E-state index contributed by atoms with van der Waals surface area (Å²) < 4.78 is 34.4. The molecule has 428 valence electrons. The minimum Gasteiger partial charge on any atom is -0.462 e. The molecule has 2 unspecified atom stereocenters. The quantitative estimate of drug-likeness (QED) is 0.0211. The maximum Gasteiger partial charge on any atom is 0.472 e. The number of phosphoric ester groups is 1. The topological polar surface area (TPSA) is 108 Å². The Morgan fingerprint density at radius 1 is 0.408 bits per heavy atom. The van der Waals surface area contributed by atoms with Crippen molar-refractivity contribution < 1.29 is 42.1 Å². The molecular formula is C66H107NO8P+. The van der Waals surface area contributed by atoms with Gasteiger partial charge >= 0.3 is 19.8 Å². The van der Waals surface area contributed by atoms with E-state index in [0.29, 0.717) is 23.9 Å². The smallest absolute Gasteiger partial charge is 0.462 e. The van der Waals surface area contributed by atoms with E-state index in [0.717, 1.165) is 109 Å². The third-order valence-corrected chi connectivity index (χ3v) is 12.6. The summed E-state index contributed by atoms with van der Waals surface area (Å²) in [6, 6.07) is 0. The van der Waals surface area contributed by atoms with Gasteiger partial charge in [0.1, 0.15) is 19.8 Å². The lowest BCUT2D eigenvalue weighted by Gasteiger charge is -2.24. The summed E-state index contributed by atoms with van der Waals surface area (Å²) in [5.74, 6) is -0.909. The van der Waals surface area contributed by atoms with Crippen molar-refractivity contribution in [1.29, 1.82) is 0 Å². The molecule has 0 fully saturated rings. The Bertz CT molecular complexity index is 1840. The molecule has 0 saturated heterocycles. The van der Waals surface area contributed by atoms with Crippen LogP contribution in [0, 0.1) is 0 Å². The van der Waals surface area contributed by atoms with E-state index in [1.54, 1.807) is 0 Å². The summed E-state index contributed by atoms with van der Waals surface area (Å²) in [7, 11) is 1.42. The lowest BCUT2D eigenvalue weighted by atomic mass is 10.0. The zero-order valence-electron chi connectivity index (χ0n) is 48.4. The first kappa shape index (κ1) is 71.6. The molecule has 2 atom stereocenters. The fourth-order valence-corrected chi connectivity index (χ4v) is 7.88. The van der Waals surface area contributed by atoms with Gasteiger partial charge in [-0.05, 0) is 109 Å². The number of likely N-dealkylation sites (N-methyl/N-ethyl adjacent to an activating group) is 1. The summed E-state index contributed by atoms with van der Waals surface area (Å²) in [4.78, 5) is 35.5. The average Bonchev–Trinajstić information content (AvgIpc) is 3.38. The molecule has 1 N–H and O–H groups in total. The fraction of sp³-hybridized carbons (Fsp3) is 0.576. The fourth-order valence-electron chi connectivity index (χ4n) is 7.14. The van der Waals surface area contributed by atoms with Gasteiger partial charge in [-0.1, -0.05) is 230 Å². The van der Waals surface area contributed by atoms with Crippen LogP contribution >= 0.6 is 7.82 Å². The van der Waals surface area contributed by atoms with Crippen molar-refractivity contribution in [2.24, 2.45) is 0 Å². The van der Waals surface area contributed by atoms with Crippen LogP contribution in [-0.2, 0) is 32.7 Å². The van der Waals surface area contributed by atoms with E-state index in [1.165, 1.54) is 44.9 Å². The Balaban J connectivity index is 4.12. The summed E-state index contributed by atoms with van der Waals surface area (Å²) in [5.41, 5.74) is 0. The molecule has 0 aliphatic heterocycles. The Labute approximate surface area is 465 Å². The highest BCUT2D eigenvalue weighted by Gasteiger charge is 2.27. The second kappa shape index (κ2) is 55.4. The van der Waals surface area contributed by atoms with Crippen LogP contribution in [0.5, 0.6) is 0 Å².